The van der Waals surface area contributed by atoms with Crippen LogP contribution >= 0.6 is 0 Å². The van der Waals surface area contributed by atoms with E-state index in [2.05, 4.69) is 26.1 Å². The Labute approximate surface area is 64.2 Å². The van der Waals surface area contributed by atoms with Gasteiger partial charge in [-0.25, -0.2) is 0 Å². The molecule has 1 fully saturated rings. The summed E-state index contributed by atoms with van der Waals surface area (Å²) in [7, 11) is 0. The Kier molecular flexibility index (Phi) is 2.35. The molecule has 0 radical (unpaired) electrons. The highest BCUT2D eigenvalue weighted by Gasteiger charge is 2.36. The minimum absolute atomic E-state index is 0.670. The third-order valence-corrected chi connectivity index (χ3v) is 2.59. The predicted molar refractivity (Wildman–Crippen MR) is 45.1 cm³/mol. The molecule has 1 aliphatic rings. The van der Waals surface area contributed by atoms with Gasteiger partial charge >= 0.3 is 0 Å². The molecule has 60 valence electrons. The van der Waals surface area contributed by atoms with Crippen LogP contribution in [0.2, 0.25) is 0 Å². The van der Waals surface area contributed by atoms with Crippen LogP contribution in [0.5, 0.6) is 0 Å². The maximum absolute atomic E-state index is 3.53. The molecule has 1 aliphatic carbocycles. The molecule has 0 spiro atoms. The van der Waals surface area contributed by atoms with Gasteiger partial charge in [0.2, 0.25) is 0 Å². The fraction of sp³-hybridized carbons (Fsp3) is 1.00. The highest BCUT2D eigenvalue weighted by molar-refractivity contribution is 4.90. The standard InChI is InChI=1S/C9H19N/c1-4-8(2)10-7-9(3)5-6-9/h8,10H,4-7H2,1-3H3. The quantitative estimate of drug-likeness (QED) is 0.632. The van der Waals surface area contributed by atoms with Gasteiger partial charge in [0.25, 0.3) is 0 Å². The average molecular weight is 141 g/mol. The summed E-state index contributed by atoms with van der Waals surface area (Å²) in [5.41, 5.74) is 0.670. The van der Waals surface area contributed by atoms with Crippen LogP contribution in [-0.4, -0.2) is 12.6 Å². The lowest BCUT2D eigenvalue weighted by atomic mass is 10.1. The van der Waals surface area contributed by atoms with E-state index in [0.29, 0.717) is 11.5 Å². The van der Waals surface area contributed by atoms with Crippen LogP contribution in [0.15, 0.2) is 0 Å². The van der Waals surface area contributed by atoms with Crippen LogP contribution < -0.4 is 5.32 Å². The van der Waals surface area contributed by atoms with E-state index in [9.17, 15) is 0 Å². The van der Waals surface area contributed by atoms with Gasteiger partial charge in [0.15, 0.2) is 0 Å². The first kappa shape index (κ1) is 8.06. The molecule has 1 unspecified atom stereocenters. The van der Waals surface area contributed by atoms with Crippen LogP contribution in [0.4, 0.5) is 0 Å². The van der Waals surface area contributed by atoms with Gasteiger partial charge in [-0.05, 0) is 31.6 Å². The molecule has 10 heavy (non-hydrogen) atoms. The third-order valence-electron chi connectivity index (χ3n) is 2.59. The summed E-state index contributed by atoms with van der Waals surface area (Å²) in [5.74, 6) is 0. The summed E-state index contributed by atoms with van der Waals surface area (Å²) in [6, 6.07) is 0.706. The predicted octanol–water partition coefficient (Wildman–Crippen LogP) is 2.17. The first-order valence-corrected chi connectivity index (χ1v) is 4.40. The molecule has 0 amide bonds. The second kappa shape index (κ2) is 2.91. The normalized spacial score (nSPS) is 24.3. The summed E-state index contributed by atoms with van der Waals surface area (Å²) in [6.45, 7) is 8.07. The van der Waals surface area contributed by atoms with Gasteiger partial charge in [0.1, 0.15) is 0 Å². The molecule has 0 aromatic carbocycles. The monoisotopic (exact) mass is 141 g/mol. The van der Waals surface area contributed by atoms with Gasteiger partial charge in [-0.15, -0.1) is 0 Å². The molecule has 1 nitrogen and oxygen atoms in total. The van der Waals surface area contributed by atoms with Crippen molar-refractivity contribution >= 4 is 0 Å². The molecule has 1 saturated carbocycles. The van der Waals surface area contributed by atoms with Crippen LogP contribution in [0.25, 0.3) is 0 Å². The average Bonchev–Trinajstić information content (AvgIpc) is 2.64. The lowest BCUT2D eigenvalue weighted by Crippen LogP contribution is -2.30. The van der Waals surface area contributed by atoms with Gasteiger partial charge < -0.3 is 5.32 Å². The second-order valence-corrected chi connectivity index (χ2v) is 4.00. The number of hydrogen-bond donors (Lipinski definition) is 1. The van der Waals surface area contributed by atoms with E-state index in [1.165, 1.54) is 25.8 Å². The summed E-state index contributed by atoms with van der Waals surface area (Å²) in [5, 5.41) is 3.53. The molecule has 1 rings (SSSR count). The maximum Gasteiger partial charge on any atom is 0.00363 e. The van der Waals surface area contributed by atoms with Crippen molar-refractivity contribution in [1.29, 1.82) is 0 Å². The minimum Gasteiger partial charge on any atom is -0.314 e. The van der Waals surface area contributed by atoms with Crippen molar-refractivity contribution in [2.75, 3.05) is 6.54 Å². The summed E-state index contributed by atoms with van der Waals surface area (Å²) < 4.78 is 0. The number of rotatable bonds is 4. The third kappa shape index (κ3) is 2.30. The first-order valence-electron chi connectivity index (χ1n) is 4.40. The smallest absolute Gasteiger partial charge is 0.00363 e. The van der Waals surface area contributed by atoms with Gasteiger partial charge in [-0.3, -0.25) is 0 Å². The van der Waals surface area contributed by atoms with Crippen LogP contribution in [0.3, 0.4) is 0 Å². The Morgan fingerprint density at radius 2 is 2.10 bits per heavy atom. The second-order valence-electron chi connectivity index (χ2n) is 4.00. The van der Waals surface area contributed by atoms with Crippen molar-refractivity contribution < 1.29 is 0 Å². The summed E-state index contributed by atoms with van der Waals surface area (Å²) in [4.78, 5) is 0. The van der Waals surface area contributed by atoms with Crippen molar-refractivity contribution in [2.24, 2.45) is 5.41 Å². The van der Waals surface area contributed by atoms with E-state index in [1.54, 1.807) is 0 Å². The van der Waals surface area contributed by atoms with Crippen molar-refractivity contribution in [3.63, 3.8) is 0 Å². The van der Waals surface area contributed by atoms with E-state index >= 15 is 0 Å². The fourth-order valence-corrected chi connectivity index (χ4v) is 0.955. The molecule has 0 aromatic heterocycles. The summed E-state index contributed by atoms with van der Waals surface area (Å²) >= 11 is 0. The SMILES string of the molecule is CCC(C)NCC1(C)CC1. The van der Waals surface area contributed by atoms with Crippen molar-refractivity contribution in [3.05, 3.63) is 0 Å². The Morgan fingerprint density at radius 3 is 2.50 bits per heavy atom. The largest absolute Gasteiger partial charge is 0.314 e. The van der Waals surface area contributed by atoms with Crippen LogP contribution in [0.1, 0.15) is 40.0 Å². The Morgan fingerprint density at radius 1 is 1.50 bits per heavy atom. The zero-order valence-electron chi connectivity index (χ0n) is 7.41. The zero-order valence-corrected chi connectivity index (χ0v) is 7.41. The number of nitrogens with one attached hydrogen (secondary N) is 1. The molecule has 0 bridgehead atoms. The van der Waals surface area contributed by atoms with Crippen LogP contribution in [-0.2, 0) is 0 Å². The topological polar surface area (TPSA) is 12.0 Å². The molecule has 0 aromatic rings. The lowest BCUT2D eigenvalue weighted by molar-refractivity contribution is 0.442. The molecule has 0 saturated heterocycles. The molecule has 1 N–H and O–H groups in total. The van der Waals surface area contributed by atoms with E-state index in [4.69, 9.17) is 0 Å². The minimum atomic E-state index is 0.670. The molecule has 1 atom stereocenters. The van der Waals surface area contributed by atoms with Crippen molar-refractivity contribution in [3.8, 4) is 0 Å². The van der Waals surface area contributed by atoms with Gasteiger partial charge in [0, 0.05) is 12.6 Å². The Bertz CT molecular complexity index is 105. The molecule has 0 heterocycles. The maximum atomic E-state index is 3.53. The summed E-state index contributed by atoms with van der Waals surface area (Å²) in [6.07, 6.45) is 4.10. The van der Waals surface area contributed by atoms with E-state index in [0.717, 1.165) is 0 Å². The number of hydrogen-bond acceptors (Lipinski definition) is 1. The molecule has 0 aliphatic heterocycles. The van der Waals surface area contributed by atoms with E-state index < -0.39 is 0 Å². The molecular formula is C9H19N. The van der Waals surface area contributed by atoms with Gasteiger partial charge in [-0.2, -0.15) is 0 Å². The lowest BCUT2D eigenvalue weighted by Gasteiger charge is -2.14. The van der Waals surface area contributed by atoms with Gasteiger partial charge in [0.05, 0.1) is 0 Å². The van der Waals surface area contributed by atoms with Crippen LogP contribution in [0, 0.1) is 5.41 Å². The highest BCUT2D eigenvalue weighted by atomic mass is 14.9. The Balaban J connectivity index is 2.04. The zero-order chi connectivity index (χ0) is 7.61. The highest BCUT2D eigenvalue weighted by Crippen LogP contribution is 2.44. The van der Waals surface area contributed by atoms with Crippen molar-refractivity contribution in [2.45, 2.75) is 46.1 Å². The van der Waals surface area contributed by atoms with E-state index in [-0.39, 0.29) is 0 Å². The fourth-order valence-electron chi connectivity index (χ4n) is 0.955. The molecule has 1 heteroatoms. The molecular weight excluding hydrogens is 122 g/mol. The van der Waals surface area contributed by atoms with Crippen molar-refractivity contribution in [1.82, 2.24) is 5.32 Å². The van der Waals surface area contributed by atoms with Gasteiger partial charge in [-0.1, -0.05) is 13.8 Å². The van der Waals surface area contributed by atoms with E-state index in [1.807, 2.05) is 0 Å². The Hall–Kier alpha value is -0.0400. The first-order chi connectivity index (χ1) is 4.66.